The molecule has 1 rings (SSSR count). The van der Waals surface area contributed by atoms with Gasteiger partial charge in [0.2, 0.25) is 0 Å². The van der Waals surface area contributed by atoms with Gasteiger partial charge in [0.05, 0.1) is 12.7 Å². The molecule has 0 aliphatic rings. The molecule has 0 saturated carbocycles. The number of methoxy groups -OCH3 is 1. The van der Waals surface area contributed by atoms with Crippen LogP contribution >= 0.6 is 0 Å². The van der Waals surface area contributed by atoms with Crippen LogP contribution in [0.5, 0.6) is 5.75 Å². The molecular formula is C14H18O3. The van der Waals surface area contributed by atoms with E-state index in [1.54, 1.807) is 6.07 Å². The van der Waals surface area contributed by atoms with Gasteiger partial charge in [-0.15, -0.1) is 0 Å². The molecule has 3 nitrogen and oxygen atoms in total. The van der Waals surface area contributed by atoms with Crippen molar-refractivity contribution in [3.63, 3.8) is 0 Å². The summed E-state index contributed by atoms with van der Waals surface area (Å²) in [6.45, 7) is 9.79. The molecule has 1 N–H and O–H groups in total. The van der Waals surface area contributed by atoms with E-state index in [9.17, 15) is 4.79 Å². The summed E-state index contributed by atoms with van der Waals surface area (Å²) < 4.78 is 5.16. The SMILES string of the molecule is C=C(C(=O)O)c1cc(C(C)(C)C)ccc1OC. The van der Waals surface area contributed by atoms with E-state index >= 15 is 0 Å². The van der Waals surface area contributed by atoms with E-state index in [1.807, 2.05) is 12.1 Å². The molecule has 17 heavy (non-hydrogen) atoms. The summed E-state index contributed by atoms with van der Waals surface area (Å²) in [5.74, 6) is -0.500. The number of ether oxygens (including phenoxy) is 1. The van der Waals surface area contributed by atoms with Gasteiger partial charge in [0.1, 0.15) is 5.75 Å². The fourth-order valence-electron chi connectivity index (χ4n) is 1.53. The Hall–Kier alpha value is -1.77. The van der Waals surface area contributed by atoms with Crippen LogP contribution in [0.25, 0.3) is 5.57 Å². The normalized spacial score (nSPS) is 11.1. The van der Waals surface area contributed by atoms with Gasteiger partial charge in [-0.1, -0.05) is 33.4 Å². The first-order chi connectivity index (χ1) is 7.77. The van der Waals surface area contributed by atoms with E-state index in [1.165, 1.54) is 7.11 Å². The van der Waals surface area contributed by atoms with Crippen LogP contribution in [-0.4, -0.2) is 18.2 Å². The summed E-state index contributed by atoms with van der Waals surface area (Å²) in [5, 5.41) is 8.99. The molecule has 92 valence electrons. The molecule has 0 atom stereocenters. The van der Waals surface area contributed by atoms with Crippen molar-refractivity contribution in [1.82, 2.24) is 0 Å². The molecule has 0 aliphatic heterocycles. The maximum atomic E-state index is 11.0. The summed E-state index contributed by atoms with van der Waals surface area (Å²) >= 11 is 0. The third-order valence-electron chi connectivity index (χ3n) is 2.65. The van der Waals surface area contributed by atoms with Gasteiger partial charge in [0.15, 0.2) is 0 Å². The molecule has 0 bridgehead atoms. The van der Waals surface area contributed by atoms with Crippen molar-refractivity contribution in [3.05, 3.63) is 35.9 Å². The highest BCUT2D eigenvalue weighted by atomic mass is 16.5. The number of rotatable bonds is 3. The molecule has 0 aromatic heterocycles. The van der Waals surface area contributed by atoms with Gasteiger partial charge in [0.25, 0.3) is 0 Å². The Morgan fingerprint density at radius 2 is 1.94 bits per heavy atom. The predicted octanol–water partition coefficient (Wildman–Crippen LogP) is 3.09. The maximum Gasteiger partial charge on any atom is 0.335 e. The molecule has 0 saturated heterocycles. The molecule has 0 unspecified atom stereocenters. The topological polar surface area (TPSA) is 46.5 Å². The van der Waals surface area contributed by atoms with Crippen molar-refractivity contribution < 1.29 is 14.6 Å². The highest BCUT2D eigenvalue weighted by Gasteiger charge is 2.19. The lowest BCUT2D eigenvalue weighted by molar-refractivity contribution is -0.130. The van der Waals surface area contributed by atoms with Crippen molar-refractivity contribution >= 4 is 11.5 Å². The number of carboxylic acids is 1. The third-order valence-corrected chi connectivity index (χ3v) is 2.65. The second-order valence-electron chi connectivity index (χ2n) is 4.95. The molecule has 0 aliphatic carbocycles. The van der Waals surface area contributed by atoms with Crippen LogP contribution in [0.3, 0.4) is 0 Å². The minimum atomic E-state index is -1.03. The van der Waals surface area contributed by atoms with Gasteiger partial charge in [-0.05, 0) is 23.1 Å². The Morgan fingerprint density at radius 3 is 2.35 bits per heavy atom. The second-order valence-corrected chi connectivity index (χ2v) is 4.95. The molecule has 0 heterocycles. The number of benzene rings is 1. The van der Waals surface area contributed by atoms with Gasteiger partial charge >= 0.3 is 5.97 Å². The summed E-state index contributed by atoms with van der Waals surface area (Å²) in [5.41, 5.74) is 1.59. The average Bonchev–Trinajstić information content (AvgIpc) is 2.25. The monoisotopic (exact) mass is 234 g/mol. The Bertz CT molecular complexity index is 453. The maximum absolute atomic E-state index is 11.0. The molecule has 1 aromatic rings. The smallest absolute Gasteiger partial charge is 0.335 e. The lowest BCUT2D eigenvalue weighted by atomic mass is 9.85. The van der Waals surface area contributed by atoms with Crippen LogP contribution < -0.4 is 4.74 Å². The van der Waals surface area contributed by atoms with E-state index in [0.717, 1.165) is 5.56 Å². The molecule has 3 heteroatoms. The van der Waals surface area contributed by atoms with Crippen molar-refractivity contribution in [3.8, 4) is 5.75 Å². The zero-order valence-corrected chi connectivity index (χ0v) is 10.7. The van der Waals surface area contributed by atoms with E-state index in [0.29, 0.717) is 11.3 Å². The predicted molar refractivity (Wildman–Crippen MR) is 68.4 cm³/mol. The van der Waals surface area contributed by atoms with Gasteiger partial charge < -0.3 is 9.84 Å². The Balaban J connectivity index is 3.35. The van der Waals surface area contributed by atoms with E-state index in [2.05, 4.69) is 27.4 Å². The van der Waals surface area contributed by atoms with Crippen molar-refractivity contribution in [1.29, 1.82) is 0 Å². The second kappa shape index (κ2) is 4.62. The number of aliphatic carboxylic acids is 1. The van der Waals surface area contributed by atoms with Crippen LogP contribution in [0.4, 0.5) is 0 Å². The average molecular weight is 234 g/mol. The lowest BCUT2D eigenvalue weighted by Crippen LogP contribution is -2.12. The Kier molecular flexibility index (Phi) is 3.61. The minimum Gasteiger partial charge on any atom is -0.496 e. The summed E-state index contributed by atoms with van der Waals surface area (Å²) in [7, 11) is 1.52. The minimum absolute atomic E-state index is 0.0419. The number of hydrogen-bond donors (Lipinski definition) is 1. The largest absolute Gasteiger partial charge is 0.496 e. The Morgan fingerprint density at radius 1 is 1.35 bits per heavy atom. The van der Waals surface area contributed by atoms with Crippen LogP contribution in [0, 0.1) is 0 Å². The third kappa shape index (κ3) is 2.87. The first kappa shape index (κ1) is 13.3. The highest BCUT2D eigenvalue weighted by molar-refractivity contribution is 6.15. The summed E-state index contributed by atoms with van der Waals surface area (Å²) in [6, 6.07) is 5.55. The number of carbonyl (C=O) groups is 1. The molecule has 0 radical (unpaired) electrons. The first-order valence-electron chi connectivity index (χ1n) is 5.38. The fourth-order valence-corrected chi connectivity index (χ4v) is 1.53. The van der Waals surface area contributed by atoms with Crippen molar-refractivity contribution in [2.75, 3.05) is 7.11 Å². The lowest BCUT2D eigenvalue weighted by Gasteiger charge is -2.21. The van der Waals surface area contributed by atoms with E-state index in [-0.39, 0.29) is 11.0 Å². The summed E-state index contributed by atoms with van der Waals surface area (Å²) in [6.07, 6.45) is 0. The molecule has 0 fully saturated rings. The van der Waals surface area contributed by atoms with Crippen molar-refractivity contribution in [2.24, 2.45) is 0 Å². The van der Waals surface area contributed by atoms with Crippen molar-refractivity contribution in [2.45, 2.75) is 26.2 Å². The molecule has 0 amide bonds. The van der Waals surface area contributed by atoms with Crippen LogP contribution in [-0.2, 0) is 10.2 Å². The van der Waals surface area contributed by atoms with E-state index < -0.39 is 5.97 Å². The highest BCUT2D eigenvalue weighted by Crippen LogP contribution is 2.31. The zero-order valence-electron chi connectivity index (χ0n) is 10.7. The van der Waals surface area contributed by atoms with Gasteiger partial charge in [-0.25, -0.2) is 4.79 Å². The van der Waals surface area contributed by atoms with E-state index in [4.69, 9.17) is 9.84 Å². The van der Waals surface area contributed by atoms with Gasteiger partial charge in [-0.3, -0.25) is 0 Å². The van der Waals surface area contributed by atoms with Gasteiger partial charge in [0, 0.05) is 5.56 Å². The summed E-state index contributed by atoms with van der Waals surface area (Å²) in [4.78, 5) is 11.0. The number of hydrogen-bond acceptors (Lipinski definition) is 2. The van der Waals surface area contributed by atoms with Crippen LogP contribution in [0.1, 0.15) is 31.9 Å². The standard InChI is InChI=1S/C14H18O3/c1-9(13(15)16)11-8-10(14(2,3)4)6-7-12(11)17-5/h6-8H,1H2,2-5H3,(H,15,16). The first-order valence-corrected chi connectivity index (χ1v) is 5.38. The molecular weight excluding hydrogens is 216 g/mol. The molecule has 0 spiro atoms. The zero-order chi connectivity index (χ0) is 13.2. The quantitative estimate of drug-likeness (QED) is 0.817. The van der Waals surface area contributed by atoms with Crippen LogP contribution in [0.2, 0.25) is 0 Å². The molecule has 1 aromatic carbocycles. The fraction of sp³-hybridized carbons (Fsp3) is 0.357. The van der Waals surface area contributed by atoms with Gasteiger partial charge in [-0.2, -0.15) is 0 Å². The van der Waals surface area contributed by atoms with Crippen LogP contribution in [0.15, 0.2) is 24.8 Å². The Labute approximate surface area is 102 Å². The number of carboxylic acid groups (broad SMARTS) is 1.